The van der Waals surface area contributed by atoms with Gasteiger partial charge in [0.2, 0.25) is 11.7 Å². The molecule has 0 saturated carbocycles. The van der Waals surface area contributed by atoms with E-state index in [4.69, 9.17) is 4.52 Å². The fraction of sp³-hybridized carbons (Fsp3) is 0.0625. The van der Waals surface area contributed by atoms with Crippen molar-refractivity contribution in [2.45, 2.75) is 6.92 Å². The first-order valence-electron chi connectivity index (χ1n) is 6.65. The first-order valence-corrected chi connectivity index (χ1v) is 6.65. The molecule has 21 heavy (non-hydrogen) atoms. The fourth-order valence-corrected chi connectivity index (χ4v) is 2.40. The van der Waals surface area contributed by atoms with Gasteiger partial charge < -0.3 is 4.52 Å². The van der Waals surface area contributed by atoms with E-state index < -0.39 is 0 Å². The molecular weight excluding hydrogens is 264 g/mol. The molecule has 0 amide bonds. The van der Waals surface area contributed by atoms with E-state index in [0.29, 0.717) is 11.7 Å². The van der Waals surface area contributed by atoms with Crippen LogP contribution in [0.25, 0.3) is 28.2 Å². The van der Waals surface area contributed by atoms with Crippen LogP contribution in [0.1, 0.15) is 5.89 Å². The summed E-state index contributed by atoms with van der Waals surface area (Å²) in [5, 5.41) is 8.33. The average Bonchev–Trinajstić information content (AvgIpc) is 3.15. The molecule has 0 aliphatic heterocycles. The zero-order valence-electron chi connectivity index (χ0n) is 11.4. The van der Waals surface area contributed by atoms with Crippen molar-refractivity contribution < 1.29 is 4.52 Å². The molecule has 0 unspecified atom stereocenters. The summed E-state index contributed by atoms with van der Waals surface area (Å²) in [4.78, 5) is 4.27. The van der Waals surface area contributed by atoms with Crippen molar-refractivity contribution in [1.29, 1.82) is 0 Å². The number of fused-ring (bicyclic) bond motifs is 1. The molecule has 0 atom stereocenters. The van der Waals surface area contributed by atoms with Crippen LogP contribution in [-0.4, -0.2) is 19.8 Å². The van der Waals surface area contributed by atoms with Crippen molar-refractivity contribution >= 4 is 5.52 Å². The van der Waals surface area contributed by atoms with E-state index in [-0.39, 0.29) is 0 Å². The first-order chi connectivity index (χ1) is 10.3. The van der Waals surface area contributed by atoms with Crippen LogP contribution in [0.4, 0.5) is 0 Å². The molecule has 5 nitrogen and oxygen atoms in total. The monoisotopic (exact) mass is 276 g/mol. The van der Waals surface area contributed by atoms with Gasteiger partial charge in [-0.25, -0.2) is 4.52 Å². The van der Waals surface area contributed by atoms with Crippen molar-refractivity contribution in [3.8, 4) is 22.6 Å². The second kappa shape index (κ2) is 4.56. The highest BCUT2D eigenvalue weighted by atomic mass is 16.5. The SMILES string of the molecule is Cc1nc(-c2cccc(-c3cccc4ccnn34)c2)no1. The minimum atomic E-state index is 0.560. The van der Waals surface area contributed by atoms with E-state index in [9.17, 15) is 0 Å². The van der Waals surface area contributed by atoms with Crippen LogP contribution < -0.4 is 0 Å². The smallest absolute Gasteiger partial charge is 0.223 e. The minimum Gasteiger partial charge on any atom is -0.339 e. The minimum absolute atomic E-state index is 0.560. The Morgan fingerprint density at radius 2 is 1.86 bits per heavy atom. The average molecular weight is 276 g/mol. The fourth-order valence-electron chi connectivity index (χ4n) is 2.40. The van der Waals surface area contributed by atoms with Crippen molar-refractivity contribution in [2.24, 2.45) is 0 Å². The summed E-state index contributed by atoms with van der Waals surface area (Å²) in [7, 11) is 0. The topological polar surface area (TPSA) is 56.2 Å². The quantitative estimate of drug-likeness (QED) is 0.563. The Morgan fingerprint density at radius 3 is 2.71 bits per heavy atom. The molecule has 0 N–H and O–H groups in total. The van der Waals surface area contributed by atoms with E-state index in [2.05, 4.69) is 15.2 Å². The molecule has 0 aliphatic rings. The standard InChI is InChI=1S/C16H12N4O/c1-11-18-16(19-21-11)13-5-2-4-12(10-13)15-7-3-6-14-8-9-17-20(14)15/h2-10H,1H3. The molecular formula is C16H12N4O. The summed E-state index contributed by atoms with van der Waals surface area (Å²) in [5.74, 6) is 1.16. The Kier molecular flexibility index (Phi) is 2.57. The second-order valence-electron chi connectivity index (χ2n) is 4.80. The molecule has 4 rings (SSSR count). The molecule has 5 heteroatoms. The van der Waals surface area contributed by atoms with Crippen molar-refractivity contribution in [1.82, 2.24) is 19.8 Å². The summed E-state index contributed by atoms with van der Waals surface area (Å²) in [6, 6.07) is 16.1. The third kappa shape index (κ3) is 1.99. The van der Waals surface area contributed by atoms with E-state index in [1.807, 2.05) is 53.0 Å². The van der Waals surface area contributed by atoms with E-state index >= 15 is 0 Å². The number of aromatic nitrogens is 4. The van der Waals surface area contributed by atoms with Crippen LogP contribution in [0.3, 0.4) is 0 Å². The molecule has 3 heterocycles. The van der Waals surface area contributed by atoms with Gasteiger partial charge in [0.25, 0.3) is 0 Å². The van der Waals surface area contributed by atoms with Crippen LogP contribution >= 0.6 is 0 Å². The van der Waals surface area contributed by atoms with Gasteiger partial charge in [-0.2, -0.15) is 10.1 Å². The molecule has 102 valence electrons. The van der Waals surface area contributed by atoms with Crippen LogP contribution in [0, 0.1) is 6.92 Å². The Labute approximate surface area is 120 Å². The Balaban J connectivity index is 1.88. The molecule has 1 aromatic carbocycles. The van der Waals surface area contributed by atoms with Gasteiger partial charge in [-0.05, 0) is 24.3 Å². The van der Waals surface area contributed by atoms with Crippen molar-refractivity contribution in [3.05, 3.63) is 60.6 Å². The predicted molar refractivity (Wildman–Crippen MR) is 78.7 cm³/mol. The third-order valence-electron chi connectivity index (χ3n) is 3.37. The molecule has 0 aliphatic carbocycles. The lowest BCUT2D eigenvalue weighted by Gasteiger charge is -2.06. The molecule has 0 radical (unpaired) electrons. The zero-order chi connectivity index (χ0) is 14.2. The van der Waals surface area contributed by atoms with Gasteiger partial charge in [-0.15, -0.1) is 0 Å². The van der Waals surface area contributed by atoms with Gasteiger partial charge >= 0.3 is 0 Å². The summed E-state index contributed by atoms with van der Waals surface area (Å²) < 4.78 is 6.96. The Hall–Kier alpha value is -2.95. The maximum Gasteiger partial charge on any atom is 0.223 e. The summed E-state index contributed by atoms with van der Waals surface area (Å²) in [6.07, 6.45) is 1.80. The summed E-state index contributed by atoms with van der Waals surface area (Å²) >= 11 is 0. The van der Waals surface area contributed by atoms with Gasteiger partial charge in [-0.1, -0.05) is 29.4 Å². The summed E-state index contributed by atoms with van der Waals surface area (Å²) in [5.41, 5.74) is 4.07. The second-order valence-corrected chi connectivity index (χ2v) is 4.80. The van der Waals surface area contributed by atoms with E-state index in [1.165, 1.54) is 0 Å². The number of rotatable bonds is 2. The third-order valence-corrected chi connectivity index (χ3v) is 3.37. The van der Waals surface area contributed by atoms with Crippen molar-refractivity contribution in [3.63, 3.8) is 0 Å². The molecule has 0 bridgehead atoms. The van der Waals surface area contributed by atoms with Gasteiger partial charge in [-0.3, -0.25) is 0 Å². The molecule has 0 spiro atoms. The predicted octanol–water partition coefficient (Wildman–Crippen LogP) is 3.36. The van der Waals surface area contributed by atoms with Crippen LogP contribution in [0.15, 0.2) is 59.3 Å². The highest BCUT2D eigenvalue weighted by Gasteiger charge is 2.09. The largest absolute Gasteiger partial charge is 0.339 e. The van der Waals surface area contributed by atoms with E-state index in [0.717, 1.165) is 22.3 Å². The van der Waals surface area contributed by atoms with Gasteiger partial charge in [0.05, 0.1) is 17.4 Å². The summed E-state index contributed by atoms with van der Waals surface area (Å²) in [6.45, 7) is 1.78. The Bertz CT molecular complexity index is 923. The molecule has 0 fully saturated rings. The lowest BCUT2D eigenvalue weighted by Crippen LogP contribution is -1.93. The first kappa shape index (κ1) is 11.8. The Morgan fingerprint density at radius 1 is 1.00 bits per heavy atom. The van der Waals surface area contributed by atoms with E-state index in [1.54, 1.807) is 13.1 Å². The maximum absolute atomic E-state index is 5.04. The van der Waals surface area contributed by atoms with Crippen LogP contribution in [-0.2, 0) is 0 Å². The lowest BCUT2D eigenvalue weighted by molar-refractivity contribution is 0.394. The normalized spacial score (nSPS) is 11.1. The lowest BCUT2D eigenvalue weighted by atomic mass is 10.1. The van der Waals surface area contributed by atoms with Gasteiger partial charge in [0.15, 0.2) is 0 Å². The molecule has 0 saturated heterocycles. The maximum atomic E-state index is 5.04. The molecule has 3 aromatic heterocycles. The highest BCUT2D eigenvalue weighted by Crippen LogP contribution is 2.25. The number of pyridine rings is 1. The number of hydrogen-bond donors (Lipinski definition) is 0. The number of hydrogen-bond acceptors (Lipinski definition) is 4. The van der Waals surface area contributed by atoms with Crippen molar-refractivity contribution in [2.75, 3.05) is 0 Å². The zero-order valence-corrected chi connectivity index (χ0v) is 11.4. The molecule has 4 aromatic rings. The van der Waals surface area contributed by atoms with Crippen LogP contribution in [0.2, 0.25) is 0 Å². The number of benzene rings is 1. The van der Waals surface area contributed by atoms with Gasteiger partial charge in [0, 0.05) is 18.1 Å². The number of nitrogens with zero attached hydrogens (tertiary/aromatic N) is 4. The highest BCUT2D eigenvalue weighted by molar-refractivity contribution is 5.70. The van der Waals surface area contributed by atoms with Crippen LogP contribution in [0.5, 0.6) is 0 Å². The van der Waals surface area contributed by atoms with Gasteiger partial charge in [0.1, 0.15) is 0 Å². The number of aryl methyl sites for hydroxylation is 1.